The molecule has 0 unspecified atom stereocenters. The van der Waals surface area contributed by atoms with Crippen molar-refractivity contribution in [2.75, 3.05) is 65.6 Å². The van der Waals surface area contributed by atoms with Gasteiger partial charge < -0.3 is 34.3 Å². The van der Waals surface area contributed by atoms with Gasteiger partial charge in [-0.15, -0.1) is 0 Å². The lowest BCUT2D eigenvalue weighted by Crippen LogP contribution is -2.36. The molecule has 0 aromatic heterocycles. The van der Waals surface area contributed by atoms with Crippen LogP contribution in [0.25, 0.3) is 0 Å². The number of likely N-dealkylation sites (N-methyl/N-ethyl adjacent to an activating group) is 1. The van der Waals surface area contributed by atoms with E-state index in [0.29, 0.717) is 58.5 Å². The van der Waals surface area contributed by atoms with Crippen LogP contribution in [0.5, 0.6) is 5.75 Å². The van der Waals surface area contributed by atoms with E-state index in [4.69, 9.17) is 29.4 Å². The average Bonchev–Trinajstić information content (AvgIpc) is 2.62. The molecule has 0 spiro atoms. The average molecular weight is 399 g/mol. The summed E-state index contributed by atoms with van der Waals surface area (Å²) in [5, 5.41) is 0. The zero-order valence-electron chi connectivity index (χ0n) is 17.4. The lowest BCUT2D eigenvalue weighted by molar-refractivity contribution is 0.00189. The van der Waals surface area contributed by atoms with E-state index in [1.165, 1.54) is 4.90 Å². The van der Waals surface area contributed by atoms with Crippen molar-refractivity contribution in [1.29, 1.82) is 0 Å². The zero-order valence-corrected chi connectivity index (χ0v) is 17.4. The molecule has 0 fully saturated rings. The molecule has 0 aliphatic heterocycles. The van der Waals surface area contributed by atoms with Gasteiger partial charge in [-0.3, -0.25) is 0 Å². The topological polar surface area (TPSA) is 92.5 Å². The van der Waals surface area contributed by atoms with E-state index in [1.54, 1.807) is 19.2 Å². The molecule has 0 saturated carbocycles. The van der Waals surface area contributed by atoms with E-state index in [0.717, 1.165) is 5.75 Å². The highest BCUT2D eigenvalue weighted by Gasteiger charge is 2.19. The van der Waals surface area contributed by atoms with Gasteiger partial charge in [0, 0.05) is 19.3 Å². The highest BCUT2D eigenvalue weighted by Crippen LogP contribution is 2.12. The molecule has 0 radical (unpaired) electrons. The second-order valence-corrected chi connectivity index (χ2v) is 7.16. The third-order valence-electron chi connectivity index (χ3n) is 3.40. The number of nitrogens with two attached hydrogens (primary N) is 1. The first-order valence-electron chi connectivity index (χ1n) is 9.43. The molecule has 0 bridgehead atoms. The first-order valence-corrected chi connectivity index (χ1v) is 9.43. The summed E-state index contributed by atoms with van der Waals surface area (Å²) in [6.07, 6.45) is -0.357. The molecule has 8 heteroatoms. The summed E-state index contributed by atoms with van der Waals surface area (Å²) in [6.45, 7) is 9.28. The lowest BCUT2D eigenvalue weighted by atomic mass is 10.2. The van der Waals surface area contributed by atoms with Crippen molar-refractivity contribution in [3.8, 4) is 5.75 Å². The predicted octanol–water partition coefficient (Wildman–Crippen LogP) is 2.56. The van der Waals surface area contributed by atoms with Crippen LogP contribution >= 0.6 is 0 Å². The Balaban J connectivity index is 1.87. The fraction of sp³-hybridized carbons (Fsp3) is 0.650. The summed E-state index contributed by atoms with van der Waals surface area (Å²) >= 11 is 0. The van der Waals surface area contributed by atoms with Gasteiger partial charge in [-0.1, -0.05) is 0 Å². The van der Waals surface area contributed by atoms with Crippen LogP contribution in [0.4, 0.5) is 10.5 Å². The molecule has 160 valence electrons. The number of ether oxygens (including phenoxy) is 5. The molecular weight excluding hydrogens is 364 g/mol. The van der Waals surface area contributed by atoms with Gasteiger partial charge in [-0.2, -0.15) is 0 Å². The minimum absolute atomic E-state index is 0.357. The van der Waals surface area contributed by atoms with Gasteiger partial charge in [0.25, 0.3) is 0 Å². The van der Waals surface area contributed by atoms with Crippen molar-refractivity contribution >= 4 is 11.8 Å². The number of anilines is 1. The van der Waals surface area contributed by atoms with Crippen LogP contribution in [0, 0.1) is 0 Å². The van der Waals surface area contributed by atoms with Gasteiger partial charge in [0.1, 0.15) is 18.0 Å². The Hall–Kier alpha value is -2.03. The van der Waals surface area contributed by atoms with Gasteiger partial charge in [0.15, 0.2) is 0 Å². The second-order valence-electron chi connectivity index (χ2n) is 7.16. The fourth-order valence-corrected chi connectivity index (χ4v) is 1.96. The van der Waals surface area contributed by atoms with Crippen molar-refractivity contribution < 1.29 is 28.5 Å². The number of nitrogen functional groups attached to an aromatic ring is 1. The minimum Gasteiger partial charge on any atom is -0.491 e. The molecule has 0 heterocycles. The molecule has 0 aliphatic rings. The van der Waals surface area contributed by atoms with Crippen LogP contribution in [0.15, 0.2) is 24.3 Å². The van der Waals surface area contributed by atoms with E-state index < -0.39 is 5.60 Å². The third kappa shape index (κ3) is 12.4. The summed E-state index contributed by atoms with van der Waals surface area (Å²) < 4.78 is 27.1. The number of nitrogens with zero attached hydrogens (tertiary/aromatic N) is 1. The molecule has 1 aromatic carbocycles. The summed E-state index contributed by atoms with van der Waals surface area (Å²) in [6, 6.07) is 7.23. The molecule has 8 nitrogen and oxygen atoms in total. The molecular formula is C20H34N2O6. The summed E-state index contributed by atoms with van der Waals surface area (Å²) in [5.41, 5.74) is 5.82. The van der Waals surface area contributed by atoms with Crippen molar-refractivity contribution in [1.82, 2.24) is 4.90 Å². The highest BCUT2D eigenvalue weighted by molar-refractivity contribution is 5.67. The molecule has 0 atom stereocenters. The van der Waals surface area contributed by atoms with Gasteiger partial charge >= 0.3 is 6.09 Å². The number of amides is 1. The van der Waals surface area contributed by atoms with Gasteiger partial charge in [-0.05, 0) is 45.0 Å². The Kier molecular flexibility index (Phi) is 11.3. The maximum absolute atomic E-state index is 11.8. The van der Waals surface area contributed by atoms with Crippen molar-refractivity contribution in [3.63, 3.8) is 0 Å². The first-order chi connectivity index (χ1) is 13.3. The summed E-state index contributed by atoms with van der Waals surface area (Å²) in [7, 11) is 1.68. The predicted molar refractivity (Wildman–Crippen MR) is 108 cm³/mol. The van der Waals surface area contributed by atoms with Crippen LogP contribution in [0.1, 0.15) is 20.8 Å². The van der Waals surface area contributed by atoms with E-state index in [1.807, 2.05) is 32.9 Å². The molecule has 0 saturated heterocycles. The summed E-state index contributed by atoms with van der Waals surface area (Å²) in [5.74, 6) is 0.767. The maximum atomic E-state index is 11.8. The number of carbonyl (C=O) groups is 1. The van der Waals surface area contributed by atoms with Crippen molar-refractivity contribution in [2.24, 2.45) is 0 Å². The Morgan fingerprint density at radius 1 is 0.893 bits per heavy atom. The van der Waals surface area contributed by atoms with Crippen molar-refractivity contribution in [2.45, 2.75) is 26.4 Å². The monoisotopic (exact) mass is 398 g/mol. The normalized spacial score (nSPS) is 11.3. The Labute approximate surface area is 167 Å². The molecule has 1 aromatic rings. The number of hydrogen-bond acceptors (Lipinski definition) is 7. The lowest BCUT2D eigenvalue weighted by Gasteiger charge is -2.24. The maximum Gasteiger partial charge on any atom is 0.410 e. The number of benzene rings is 1. The Bertz CT molecular complexity index is 545. The van der Waals surface area contributed by atoms with Crippen LogP contribution in [-0.2, 0) is 18.9 Å². The number of hydrogen-bond donors (Lipinski definition) is 1. The van der Waals surface area contributed by atoms with Gasteiger partial charge in [-0.25, -0.2) is 4.79 Å². The van der Waals surface area contributed by atoms with Gasteiger partial charge in [0.2, 0.25) is 0 Å². The van der Waals surface area contributed by atoms with E-state index in [2.05, 4.69) is 0 Å². The molecule has 0 aliphatic carbocycles. The minimum atomic E-state index is -0.496. The van der Waals surface area contributed by atoms with Crippen LogP contribution < -0.4 is 10.5 Å². The standard InChI is InChI=1S/C20H34N2O6/c1-20(2,3)28-19(23)22(4)9-10-24-11-12-25-13-14-26-15-16-27-18-7-5-17(21)6-8-18/h5-8H,9-16,21H2,1-4H3. The smallest absolute Gasteiger partial charge is 0.410 e. The van der Waals surface area contributed by atoms with Crippen LogP contribution in [0.2, 0.25) is 0 Å². The molecule has 2 N–H and O–H groups in total. The molecule has 1 rings (SSSR count). The third-order valence-corrected chi connectivity index (χ3v) is 3.40. The first kappa shape index (κ1) is 24.0. The second kappa shape index (κ2) is 13.2. The molecule has 28 heavy (non-hydrogen) atoms. The SMILES string of the molecule is CN(CCOCCOCCOCCOc1ccc(N)cc1)C(=O)OC(C)(C)C. The van der Waals surface area contributed by atoms with E-state index in [-0.39, 0.29) is 6.09 Å². The number of rotatable bonds is 13. The van der Waals surface area contributed by atoms with Crippen LogP contribution in [0.3, 0.4) is 0 Å². The molecule has 1 amide bonds. The van der Waals surface area contributed by atoms with Crippen molar-refractivity contribution in [3.05, 3.63) is 24.3 Å². The quantitative estimate of drug-likeness (QED) is 0.403. The van der Waals surface area contributed by atoms with E-state index >= 15 is 0 Å². The Morgan fingerprint density at radius 3 is 1.93 bits per heavy atom. The Morgan fingerprint density at radius 2 is 1.39 bits per heavy atom. The highest BCUT2D eigenvalue weighted by atomic mass is 16.6. The van der Waals surface area contributed by atoms with E-state index in [9.17, 15) is 4.79 Å². The van der Waals surface area contributed by atoms with Crippen LogP contribution in [-0.4, -0.2) is 76.4 Å². The summed E-state index contributed by atoms with van der Waals surface area (Å²) in [4.78, 5) is 13.3. The largest absolute Gasteiger partial charge is 0.491 e. The number of carbonyl (C=O) groups excluding carboxylic acids is 1. The zero-order chi connectivity index (χ0) is 20.8. The fourth-order valence-electron chi connectivity index (χ4n) is 1.96. The van der Waals surface area contributed by atoms with Gasteiger partial charge in [0.05, 0.1) is 39.6 Å².